The van der Waals surface area contributed by atoms with E-state index in [1.165, 1.54) is 173 Å². The van der Waals surface area contributed by atoms with Crippen LogP contribution in [-0.4, -0.2) is 37.2 Å². The summed E-state index contributed by atoms with van der Waals surface area (Å²) in [6.07, 6.45) is 85.6. The predicted octanol–water partition coefficient (Wildman–Crippen LogP) is 22.0. The summed E-state index contributed by atoms with van der Waals surface area (Å²) in [6, 6.07) is 0. The smallest absolute Gasteiger partial charge is 0.306 e. The molecule has 0 aliphatic carbocycles. The summed E-state index contributed by atoms with van der Waals surface area (Å²) in [7, 11) is 0. The summed E-state index contributed by atoms with van der Waals surface area (Å²) in [5, 5.41) is 0. The van der Waals surface area contributed by atoms with Gasteiger partial charge in [0.05, 0.1) is 0 Å². The largest absolute Gasteiger partial charge is 0.462 e. The molecule has 0 saturated heterocycles. The van der Waals surface area contributed by atoms with Gasteiger partial charge in [0.25, 0.3) is 0 Å². The van der Waals surface area contributed by atoms with E-state index in [0.717, 1.165) is 89.9 Å². The number of hydrogen-bond donors (Lipinski definition) is 0. The van der Waals surface area contributed by atoms with Crippen LogP contribution in [0.2, 0.25) is 0 Å². The predicted molar refractivity (Wildman–Crippen MR) is 330 cm³/mol. The van der Waals surface area contributed by atoms with Gasteiger partial charge in [-0.05, 0) is 96.3 Å². The zero-order valence-electron chi connectivity index (χ0n) is 50.0. The molecule has 0 aromatic carbocycles. The lowest BCUT2D eigenvalue weighted by molar-refractivity contribution is -0.167. The van der Waals surface area contributed by atoms with Crippen LogP contribution >= 0.6 is 0 Å². The summed E-state index contributed by atoms with van der Waals surface area (Å²) < 4.78 is 16.9. The molecule has 0 fully saturated rings. The van der Waals surface area contributed by atoms with Crippen LogP contribution < -0.4 is 0 Å². The first-order valence-corrected chi connectivity index (χ1v) is 32.2. The van der Waals surface area contributed by atoms with Crippen molar-refractivity contribution in [2.24, 2.45) is 0 Å². The standard InChI is InChI=1S/C70H120O6/c1-4-7-10-13-16-19-22-25-28-31-33-34-35-36-37-40-42-45-48-51-54-57-60-63-69(72)75-66-67(65-74-68(71)62-59-56-53-50-47-44-41-38-30-27-24-21-18-15-12-9-6-3)76-70(73)64-61-58-55-52-49-46-43-39-32-29-26-23-20-17-14-11-8-5-2/h7,10,16,19,25,27-28,30,33-34,36-37,42,45,51,54,67H,4-6,8-9,11-15,17-18,20-24,26,29,31-32,35,38-41,43-44,46-50,52-53,55-66H2,1-3H3/b10-7-,19-16-,28-25-,30-27-,34-33-,37-36-,45-42-,54-51-. The van der Waals surface area contributed by atoms with Crippen molar-refractivity contribution in [1.29, 1.82) is 0 Å². The van der Waals surface area contributed by atoms with E-state index in [9.17, 15) is 14.4 Å². The van der Waals surface area contributed by atoms with Gasteiger partial charge in [-0.3, -0.25) is 14.4 Å². The zero-order chi connectivity index (χ0) is 55.0. The van der Waals surface area contributed by atoms with Gasteiger partial charge in [0, 0.05) is 19.3 Å². The molecule has 6 heteroatoms. The van der Waals surface area contributed by atoms with Gasteiger partial charge in [-0.25, -0.2) is 0 Å². The van der Waals surface area contributed by atoms with E-state index in [1.807, 2.05) is 0 Å². The third kappa shape index (κ3) is 61.2. The molecule has 436 valence electrons. The molecule has 1 atom stereocenters. The second kappa shape index (κ2) is 63.9. The summed E-state index contributed by atoms with van der Waals surface area (Å²) >= 11 is 0. The topological polar surface area (TPSA) is 78.9 Å². The average molecular weight is 1060 g/mol. The third-order valence-electron chi connectivity index (χ3n) is 13.8. The molecule has 0 amide bonds. The Balaban J connectivity index is 4.47. The lowest BCUT2D eigenvalue weighted by atomic mass is 10.0. The van der Waals surface area contributed by atoms with Crippen LogP contribution in [0.3, 0.4) is 0 Å². The zero-order valence-corrected chi connectivity index (χ0v) is 50.0. The molecule has 0 aliphatic rings. The van der Waals surface area contributed by atoms with Crippen LogP contribution in [0.25, 0.3) is 0 Å². The highest BCUT2D eigenvalue weighted by molar-refractivity contribution is 5.71. The Morgan fingerprint density at radius 1 is 0.276 bits per heavy atom. The number of allylic oxidation sites excluding steroid dienone is 16. The van der Waals surface area contributed by atoms with Crippen LogP contribution in [0, 0.1) is 0 Å². The Morgan fingerprint density at radius 2 is 0.526 bits per heavy atom. The maximum Gasteiger partial charge on any atom is 0.306 e. The Bertz CT molecular complexity index is 1490. The maximum absolute atomic E-state index is 12.9. The number of carbonyl (C=O) groups is 3. The number of ether oxygens (including phenoxy) is 3. The molecule has 1 unspecified atom stereocenters. The summed E-state index contributed by atoms with van der Waals surface area (Å²) in [5.74, 6) is -0.949. The van der Waals surface area contributed by atoms with Crippen molar-refractivity contribution in [3.63, 3.8) is 0 Å². The third-order valence-corrected chi connectivity index (χ3v) is 13.8. The minimum Gasteiger partial charge on any atom is -0.462 e. The SMILES string of the molecule is CC/C=C\C/C=C\C/C=C\C/C=C\C/C=C\C/C=C\C/C=C\CCCC(=O)OCC(COC(=O)CCCCCCCCC/C=C\CCCCCCCC)OC(=O)CCCCCCCCCCCCCCCCCCCC. The molecule has 0 rings (SSSR count). The Kier molecular flexibility index (Phi) is 60.8. The molecule has 0 N–H and O–H groups in total. The average Bonchev–Trinajstić information content (AvgIpc) is 3.42. The molecule has 6 nitrogen and oxygen atoms in total. The Hall–Kier alpha value is -3.67. The van der Waals surface area contributed by atoms with Gasteiger partial charge >= 0.3 is 17.9 Å². The van der Waals surface area contributed by atoms with Gasteiger partial charge in [-0.15, -0.1) is 0 Å². The van der Waals surface area contributed by atoms with Gasteiger partial charge < -0.3 is 14.2 Å². The van der Waals surface area contributed by atoms with Crippen molar-refractivity contribution in [3.8, 4) is 0 Å². The number of unbranched alkanes of at least 4 members (excludes halogenated alkanes) is 31. The van der Waals surface area contributed by atoms with Gasteiger partial charge in [-0.2, -0.15) is 0 Å². The first-order valence-electron chi connectivity index (χ1n) is 32.2. The van der Waals surface area contributed by atoms with Gasteiger partial charge in [0.1, 0.15) is 13.2 Å². The van der Waals surface area contributed by atoms with Crippen molar-refractivity contribution in [2.45, 2.75) is 316 Å². The van der Waals surface area contributed by atoms with E-state index in [2.05, 4.69) is 118 Å². The molecule has 0 aromatic rings. The minimum absolute atomic E-state index is 0.0955. The van der Waals surface area contributed by atoms with Gasteiger partial charge in [0.2, 0.25) is 0 Å². The molecular formula is C70H120O6. The fraction of sp³-hybridized carbons (Fsp3) is 0.729. The highest BCUT2D eigenvalue weighted by Gasteiger charge is 2.19. The van der Waals surface area contributed by atoms with Crippen molar-refractivity contribution < 1.29 is 28.6 Å². The van der Waals surface area contributed by atoms with E-state index in [1.54, 1.807) is 0 Å². The first kappa shape index (κ1) is 72.3. The van der Waals surface area contributed by atoms with Gasteiger partial charge in [0.15, 0.2) is 6.10 Å². The normalized spacial score (nSPS) is 12.7. The quantitative estimate of drug-likeness (QED) is 0.0261. The summed E-state index contributed by atoms with van der Waals surface area (Å²) in [4.78, 5) is 38.3. The van der Waals surface area contributed by atoms with Crippen molar-refractivity contribution >= 4 is 17.9 Å². The Morgan fingerprint density at radius 3 is 0.868 bits per heavy atom. The van der Waals surface area contributed by atoms with Crippen LogP contribution in [0.4, 0.5) is 0 Å². The Labute approximate surface area is 470 Å². The molecule has 0 aromatic heterocycles. The molecular weight excluding hydrogens is 937 g/mol. The van der Waals surface area contributed by atoms with Crippen molar-refractivity contribution in [3.05, 3.63) is 97.2 Å². The highest BCUT2D eigenvalue weighted by Crippen LogP contribution is 2.16. The van der Waals surface area contributed by atoms with Gasteiger partial charge in [-0.1, -0.05) is 291 Å². The highest BCUT2D eigenvalue weighted by atomic mass is 16.6. The maximum atomic E-state index is 12.9. The lowest BCUT2D eigenvalue weighted by Crippen LogP contribution is -2.30. The summed E-state index contributed by atoms with van der Waals surface area (Å²) in [5.41, 5.74) is 0. The number of hydrogen-bond acceptors (Lipinski definition) is 6. The molecule has 0 radical (unpaired) electrons. The number of rotatable bonds is 58. The molecule has 76 heavy (non-hydrogen) atoms. The van der Waals surface area contributed by atoms with Crippen LogP contribution in [-0.2, 0) is 28.6 Å². The second-order valence-corrected chi connectivity index (χ2v) is 21.3. The van der Waals surface area contributed by atoms with Crippen LogP contribution in [0.5, 0.6) is 0 Å². The molecule has 0 aliphatic heterocycles. The van der Waals surface area contributed by atoms with Crippen molar-refractivity contribution in [2.75, 3.05) is 13.2 Å². The second-order valence-electron chi connectivity index (χ2n) is 21.3. The van der Waals surface area contributed by atoms with E-state index < -0.39 is 6.10 Å². The van der Waals surface area contributed by atoms with E-state index in [0.29, 0.717) is 19.3 Å². The van der Waals surface area contributed by atoms with E-state index in [4.69, 9.17) is 14.2 Å². The van der Waals surface area contributed by atoms with Crippen molar-refractivity contribution in [1.82, 2.24) is 0 Å². The number of esters is 3. The fourth-order valence-corrected chi connectivity index (χ4v) is 9.02. The van der Waals surface area contributed by atoms with Crippen LogP contribution in [0.1, 0.15) is 310 Å². The number of carbonyl (C=O) groups excluding carboxylic acids is 3. The van der Waals surface area contributed by atoms with Crippen LogP contribution in [0.15, 0.2) is 97.2 Å². The molecule has 0 bridgehead atoms. The minimum atomic E-state index is -0.803. The summed E-state index contributed by atoms with van der Waals surface area (Å²) in [6.45, 7) is 6.51. The molecule has 0 spiro atoms. The van der Waals surface area contributed by atoms with E-state index in [-0.39, 0.29) is 37.5 Å². The lowest BCUT2D eigenvalue weighted by Gasteiger charge is -2.18. The molecule has 0 heterocycles. The fourth-order valence-electron chi connectivity index (χ4n) is 9.02. The monoisotopic (exact) mass is 1060 g/mol. The van der Waals surface area contributed by atoms with E-state index >= 15 is 0 Å². The molecule has 0 saturated carbocycles. The first-order chi connectivity index (χ1) is 37.5.